The smallest absolute Gasteiger partial charge is 0.251 e. The Labute approximate surface area is 147 Å². The Morgan fingerprint density at radius 2 is 2.00 bits per heavy atom. The molecule has 0 saturated heterocycles. The summed E-state index contributed by atoms with van der Waals surface area (Å²) in [6.07, 6.45) is 0.761. The van der Waals surface area contributed by atoms with Gasteiger partial charge in [-0.05, 0) is 36.2 Å². The molecule has 0 fully saturated rings. The topological polar surface area (TPSA) is 84.5 Å². The molecular formula is C18H20N2O4S. The molecule has 0 unspecified atom stereocenters. The van der Waals surface area contributed by atoms with Crippen molar-refractivity contribution in [3.8, 4) is 5.75 Å². The first-order chi connectivity index (χ1) is 12.0. The fourth-order valence-electron chi connectivity index (χ4n) is 2.78. The van der Waals surface area contributed by atoms with Gasteiger partial charge in [-0.15, -0.1) is 0 Å². The molecule has 0 aliphatic carbocycles. The summed E-state index contributed by atoms with van der Waals surface area (Å²) in [5.74, 6) is 0.598. The third kappa shape index (κ3) is 4.00. The number of hydrogen-bond acceptors (Lipinski definition) is 4. The van der Waals surface area contributed by atoms with Crippen molar-refractivity contribution >= 4 is 15.9 Å². The van der Waals surface area contributed by atoms with Crippen molar-refractivity contribution in [1.82, 2.24) is 10.0 Å². The molecule has 6 nitrogen and oxygen atoms in total. The van der Waals surface area contributed by atoms with Gasteiger partial charge in [0.05, 0.1) is 11.5 Å². The van der Waals surface area contributed by atoms with Crippen LogP contribution in [0.25, 0.3) is 0 Å². The van der Waals surface area contributed by atoms with Crippen molar-refractivity contribution in [2.45, 2.75) is 11.3 Å². The fourth-order valence-corrected chi connectivity index (χ4v) is 3.94. The minimum atomic E-state index is -3.69. The van der Waals surface area contributed by atoms with E-state index in [0.717, 1.165) is 17.7 Å². The molecule has 3 rings (SSSR count). The van der Waals surface area contributed by atoms with Crippen LogP contribution in [-0.2, 0) is 16.4 Å². The highest BCUT2D eigenvalue weighted by Crippen LogP contribution is 2.26. The molecule has 0 bridgehead atoms. The van der Waals surface area contributed by atoms with Gasteiger partial charge < -0.3 is 10.1 Å². The summed E-state index contributed by atoms with van der Waals surface area (Å²) in [6, 6.07) is 13.7. The standard InChI is InChI=1S/C18H20N2O4S/c1-19-18(21)15-6-4-7-16(10-15)25(22,23)20-11-13-9-14-5-2-3-8-17(14)24-12-13/h2-8,10,13,20H,9,11-12H2,1H3,(H,19,21)/t13-/m0/s1. The first-order valence-corrected chi connectivity index (χ1v) is 9.50. The number of carbonyl (C=O) groups excluding carboxylic acids is 1. The SMILES string of the molecule is CNC(=O)c1cccc(S(=O)(=O)NC[C@H]2COc3ccccc3C2)c1. The summed E-state index contributed by atoms with van der Waals surface area (Å²) in [4.78, 5) is 11.7. The van der Waals surface area contributed by atoms with Crippen LogP contribution in [0.15, 0.2) is 53.4 Å². The van der Waals surface area contributed by atoms with Crippen LogP contribution < -0.4 is 14.8 Å². The summed E-state index contributed by atoms with van der Waals surface area (Å²) < 4.78 is 33.3. The van der Waals surface area contributed by atoms with Crippen molar-refractivity contribution < 1.29 is 17.9 Å². The average Bonchev–Trinajstić information content (AvgIpc) is 2.65. The Morgan fingerprint density at radius 1 is 1.20 bits per heavy atom. The molecule has 0 spiro atoms. The summed E-state index contributed by atoms with van der Waals surface area (Å²) in [5.41, 5.74) is 1.39. The van der Waals surface area contributed by atoms with E-state index in [1.807, 2.05) is 24.3 Å². The number of amides is 1. The Morgan fingerprint density at radius 3 is 2.80 bits per heavy atom. The fraction of sp³-hybridized carbons (Fsp3) is 0.278. The zero-order chi connectivity index (χ0) is 17.9. The molecule has 2 N–H and O–H groups in total. The molecule has 132 valence electrons. The second-order valence-corrected chi connectivity index (χ2v) is 7.71. The van der Waals surface area contributed by atoms with Crippen molar-refractivity contribution in [2.75, 3.05) is 20.2 Å². The normalized spacial score (nSPS) is 16.6. The Bertz CT molecular complexity index is 880. The van der Waals surface area contributed by atoms with Gasteiger partial charge in [0.2, 0.25) is 10.0 Å². The van der Waals surface area contributed by atoms with Gasteiger partial charge in [0.15, 0.2) is 0 Å². The number of nitrogens with one attached hydrogen (secondary N) is 2. The maximum Gasteiger partial charge on any atom is 0.251 e. The highest BCUT2D eigenvalue weighted by molar-refractivity contribution is 7.89. The lowest BCUT2D eigenvalue weighted by Crippen LogP contribution is -2.34. The van der Waals surface area contributed by atoms with E-state index in [1.54, 1.807) is 12.1 Å². The molecule has 1 amide bonds. The molecular weight excluding hydrogens is 340 g/mol. The average molecular weight is 360 g/mol. The molecule has 0 radical (unpaired) electrons. The summed E-state index contributed by atoms with van der Waals surface area (Å²) in [5, 5.41) is 2.48. The summed E-state index contributed by atoms with van der Waals surface area (Å²) >= 11 is 0. The highest BCUT2D eigenvalue weighted by Gasteiger charge is 2.22. The molecule has 2 aromatic rings. The van der Waals surface area contributed by atoms with Crippen LogP contribution in [0.3, 0.4) is 0 Å². The van der Waals surface area contributed by atoms with Gasteiger partial charge in [-0.1, -0.05) is 24.3 Å². The number of rotatable bonds is 5. The number of sulfonamides is 1. The van der Waals surface area contributed by atoms with Crippen LogP contribution in [0.4, 0.5) is 0 Å². The number of para-hydroxylation sites is 1. The van der Waals surface area contributed by atoms with E-state index in [1.165, 1.54) is 19.2 Å². The number of ether oxygens (including phenoxy) is 1. The number of fused-ring (bicyclic) bond motifs is 1. The lowest BCUT2D eigenvalue weighted by atomic mass is 9.97. The number of carbonyl (C=O) groups is 1. The maximum absolute atomic E-state index is 12.5. The third-order valence-corrected chi connectivity index (χ3v) is 5.57. The van der Waals surface area contributed by atoms with Gasteiger partial charge in [0, 0.05) is 25.1 Å². The van der Waals surface area contributed by atoms with Crippen LogP contribution >= 0.6 is 0 Å². The van der Waals surface area contributed by atoms with Gasteiger partial charge in [-0.2, -0.15) is 0 Å². The molecule has 7 heteroatoms. The molecule has 2 aromatic carbocycles. The van der Waals surface area contributed by atoms with E-state index in [0.29, 0.717) is 12.2 Å². The second kappa shape index (κ2) is 7.25. The van der Waals surface area contributed by atoms with Crippen LogP contribution in [0.5, 0.6) is 5.75 Å². The van der Waals surface area contributed by atoms with Crippen LogP contribution in [0.1, 0.15) is 15.9 Å². The molecule has 25 heavy (non-hydrogen) atoms. The van der Waals surface area contributed by atoms with Gasteiger partial charge in [0.1, 0.15) is 5.75 Å². The summed E-state index contributed by atoms with van der Waals surface area (Å²) in [6.45, 7) is 0.749. The van der Waals surface area contributed by atoms with E-state index in [9.17, 15) is 13.2 Å². The lowest BCUT2D eigenvalue weighted by Gasteiger charge is -2.25. The van der Waals surface area contributed by atoms with E-state index in [4.69, 9.17) is 4.74 Å². The molecule has 1 aliphatic rings. The molecule has 1 atom stereocenters. The largest absolute Gasteiger partial charge is 0.493 e. The third-order valence-electron chi connectivity index (χ3n) is 4.15. The monoisotopic (exact) mass is 360 g/mol. The molecule has 0 aromatic heterocycles. The van der Waals surface area contributed by atoms with Crippen molar-refractivity contribution in [3.63, 3.8) is 0 Å². The van der Waals surface area contributed by atoms with Crippen LogP contribution in [0, 0.1) is 5.92 Å². The maximum atomic E-state index is 12.5. The van der Waals surface area contributed by atoms with Crippen LogP contribution in [-0.4, -0.2) is 34.5 Å². The Balaban J connectivity index is 1.68. The minimum Gasteiger partial charge on any atom is -0.493 e. The van der Waals surface area contributed by atoms with Crippen molar-refractivity contribution in [2.24, 2.45) is 5.92 Å². The van der Waals surface area contributed by atoms with Crippen molar-refractivity contribution in [3.05, 3.63) is 59.7 Å². The predicted molar refractivity (Wildman–Crippen MR) is 94.2 cm³/mol. The zero-order valence-corrected chi connectivity index (χ0v) is 14.7. The highest BCUT2D eigenvalue weighted by atomic mass is 32.2. The quantitative estimate of drug-likeness (QED) is 0.848. The van der Waals surface area contributed by atoms with Gasteiger partial charge in [-0.25, -0.2) is 13.1 Å². The van der Waals surface area contributed by atoms with E-state index >= 15 is 0 Å². The van der Waals surface area contributed by atoms with E-state index in [-0.39, 0.29) is 23.3 Å². The van der Waals surface area contributed by atoms with Gasteiger partial charge in [0.25, 0.3) is 5.91 Å². The minimum absolute atomic E-state index is 0.0619. The number of benzene rings is 2. The molecule has 1 heterocycles. The van der Waals surface area contributed by atoms with Crippen molar-refractivity contribution in [1.29, 1.82) is 0 Å². The zero-order valence-electron chi connectivity index (χ0n) is 13.9. The first kappa shape index (κ1) is 17.4. The number of hydrogen-bond donors (Lipinski definition) is 2. The molecule has 0 saturated carbocycles. The first-order valence-electron chi connectivity index (χ1n) is 8.02. The van der Waals surface area contributed by atoms with Crippen LogP contribution in [0.2, 0.25) is 0 Å². The van der Waals surface area contributed by atoms with Gasteiger partial charge in [-0.3, -0.25) is 4.79 Å². The van der Waals surface area contributed by atoms with E-state index < -0.39 is 10.0 Å². The Kier molecular flexibility index (Phi) is 5.06. The summed E-state index contributed by atoms with van der Waals surface area (Å²) in [7, 11) is -2.18. The second-order valence-electron chi connectivity index (χ2n) is 5.95. The van der Waals surface area contributed by atoms with E-state index in [2.05, 4.69) is 10.0 Å². The molecule has 1 aliphatic heterocycles. The van der Waals surface area contributed by atoms with Gasteiger partial charge >= 0.3 is 0 Å². The Hall–Kier alpha value is -2.38. The lowest BCUT2D eigenvalue weighted by molar-refractivity contribution is 0.0963. The predicted octanol–water partition coefficient (Wildman–Crippen LogP) is 1.58.